The minimum atomic E-state index is -0.483. The van der Waals surface area contributed by atoms with E-state index in [1.54, 1.807) is 6.92 Å². The molecule has 0 aliphatic carbocycles. The van der Waals surface area contributed by atoms with Crippen LogP contribution in [0.2, 0.25) is 5.02 Å². The van der Waals surface area contributed by atoms with Crippen molar-refractivity contribution in [3.05, 3.63) is 58.9 Å². The molecule has 0 amide bonds. The van der Waals surface area contributed by atoms with Gasteiger partial charge in [0, 0.05) is 5.02 Å². The van der Waals surface area contributed by atoms with E-state index in [0.717, 1.165) is 28.2 Å². The monoisotopic (exact) mass is 330 g/mol. The average Bonchev–Trinajstić information content (AvgIpc) is 2.83. The fourth-order valence-electron chi connectivity index (χ4n) is 2.58. The zero-order valence-electron chi connectivity index (χ0n) is 13.2. The van der Waals surface area contributed by atoms with Gasteiger partial charge < -0.3 is 14.4 Å². The van der Waals surface area contributed by atoms with E-state index < -0.39 is 6.10 Å². The van der Waals surface area contributed by atoms with Crippen LogP contribution in [0.15, 0.2) is 42.5 Å². The lowest BCUT2D eigenvalue weighted by atomic mass is 10.2. The molecule has 4 nitrogen and oxygen atoms in total. The summed E-state index contributed by atoms with van der Waals surface area (Å²) >= 11 is 6.10. The molecule has 23 heavy (non-hydrogen) atoms. The summed E-state index contributed by atoms with van der Waals surface area (Å²) in [5, 5.41) is 10.4. The highest BCUT2D eigenvalue weighted by molar-refractivity contribution is 6.31. The second-order valence-electron chi connectivity index (χ2n) is 5.67. The number of para-hydroxylation sites is 1. The Morgan fingerprint density at radius 2 is 2.04 bits per heavy atom. The third-order valence-corrected chi connectivity index (χ3v) is 3.92. The normalized spacial score (nSPS) is 12.5. The largest absolute Gasteiger partial charge is 0.485 e. The van der Waals surface area contributed by atoms with Gasteiger partial charge in [-0.15, -0.1) is 0 Å². The van der Waals surface area contributed by atoms with Crippen molar-refractivity contribution >= 4 is 22.6 Å². The Balaban J connectivity index is 1.94. The standard InChI is InChI=1S/C18H19ClN2O2/c1-12-5-3-4-6-17(12)23-11-18-20-15-8-7-14(19)9-16(15)21(18)10-13(2)22/h3-9,13,22H,10-11H2,1-2H3. The molecule has 0 saturated heterocycles. The zero-order valence-corrected chi connectivity index (χ0v) is 13.9. The maximum Gasteiger partial charge on any atom is 0.148 e. The molecule has 1 heterocycles. The number of aliphatic hydroxyl groups excluding tert-OH is 1. The minimum absolute atomic E-state index is 0.337. The molecule has 0 saturated carbocycles. The number of hydrogen-bond donors (Lipinski definition) is 1. The third-order valence-electron chi connectivity index (χ3n) is 3.69. The van der Waals surface area contributed by atoms with Crippen LogP contribution in [0.1, 0.15) is 18.3 Å². The quantitative estimate of drug-likeness (QED) is 0.770. The van der Waals surface area contributed by atoms with Crippen LogP contribution >= 0.6 is 11.6 Å². The Kier molecular flexibility index (Phi) is 4.55. The molecule has 120 valence electrons. The Bertz CT molecular complexity index is 827. The molecule has 0 spiro atoms. The van der Waals surface area contributed by atoms with Crippen molar-refractivity contribution < 1.29 is 9.84 Å². The number of imidazole rings is 1. The summed E-state index contributed by atoms with van der Waals surface area (Å²) in [5.41, 5.74) is 2.83. The van der Waals surface area contributed by atoms with E-state index in [9.17, 15) is 5.11 Å². The van der Waals surface area contributed by atoms with Gasteiger partial charge >= 0.3 is 0 Å². The second-order valence-corrected chi connectivity index (χ2v) is 6.11. The number of aromatic nitrogens is 2. The van der Waals surface area contributed by atoms with Gasteiger partial charge in [-0.3, -0.25) is 0 Å². The number of aliphatic hydroxyl groups is 1. The molecule has 1 atom stereocenters. The molecule has 1 unspecified atom stereocenters. The Hall–Kier alpha value is -2.04. The Labute approximate surface area is 140 Å². The van der Waals surface area contributed by atoms with Crippen molar-refractivity contribution in [3.63, 3.8) is 0 Å². The van der Waals surface area contributed by atoms with E-state index in [1.165, 1.54) is 0 Å². The maximum absolute atomic E-state index is 9.78. The van der Waals surface area contributed by atoms with Crippen LogP contribution in [0.3, 0.4) is 0 Å². The first-order valence-corrected chi connectivity index (χ1v) is 7.93. The first-order valence-electron chi connectivity index (χ1n) is 7.56. The van der Waals surface area contributed by atoms with Gasteiger partial charge in [-0.2, -0.15) is 0 Å². The maximum atomic E-state index is 9.78. The molecule has 3 rings (SSSR count). The summed E-state index contributed by atoms with van der Waals surface area (Å²) in [4.78, 5) is 4.62. The molecule has 2 aromatic carbocycles. The van der Waals surface area contributed by atoms with Gasteiger partial charge in [0.2, 0.25) is 0 Å². The fourth-order valence-corrected chi connectivity index (χ4v) is 2.75. The summed E-state index contributed by atoms with van der Waals surface area (Å²) in [6.45, 7) is 4.55. The number of aryl methyl sites for hydroxylation is 1. The fraction of sp³-hybridized carbons (Fsp3) is 0.278. The molecule has 0 fully saturated rings. The van der Waals surface area contributed by atoms with Crippen molar-refractivity contribution in [2.24, 2.45) is 0 Å². The zero-order chi connectivity index (χ0) is 16.4. The summed E-state index contributed by atoms with van der Waals surface area (Å²) < 4.78 is 7.87. The number of halogens is 1. The molecule has 0 bridgehead atoms. The van der Waals surface area contributed by atoms with E-state index in [4.69, 9.17) is 16.3 Å². The van der Waals surface area contributed by atoms with Gasteiger partial charge in [0.1, 0.15) is 18.2 Å². The molecule has 0 radical (unpaired) electrons. The van der Waals surface area contributed by atoms with Gasteiger partial charge in [-0.05, 0) is 43.7 Å². The lowest BCUT2D eigenvalue weighted by Crippen LogP contribution is -2.15. The number of hydrogen-bond acceptors (Lipinski definition) is 3. The summed E-state index contributed by atoms with van der Waals surface area (Å²) in [7, 11) is 0. The SMILES string of the molecule is Cc1ccccc1OCc1nc2ccc(Cl)cc2n1CC(C)O. The van der Waals surface area contributed by atoms with Crippen LogP contribution in [0.5, 0.6) is 5.75 Å². The summed E-state index contributed by atoms with van der Waals surface area (Å²) in [5.74, 6) is 1.60. The van der Waals surface area contributed by atoms with Crippen molar-refractivity contribution in [1.82, 2.24) is 9.55 Å². The van der Waals surface area contributed by atoms with E-state index in [0.29, 0.717) is 18.2 Å². The van der Waals surface area contributed by atoms with E-state index in [-0.39, 0.29) is 0 Å². The van der Waals surface area contributed by atoms with Gasteiger partial charge in [0.15, 0.2) is 0 Å². The predicted molar refractivity (Wildman–Crippen MR) is 91.9 cm³/mol. The highest BCUT2D eigenvalue weighted by Crippen LogP contribution is 2.23. The molecule has 0 aliphatic heterocycles. The average molecular weight is 331 g/mol. The van der Waals surface area contributed by atoms with Crippen molar-refractivity contribution in [2.45, 2.75) is 33.1 Å². The van der Waals surface area contributed by atoms with Crippen LogP contribution < -0.4 is 4.74 Å². The van der Waals surface area contributed by atoms with Gasteiger partial charge in [-0.25, -0.2) is 4.98 Å². The lowest BCUT2D eigenvalue weighted by Gasteiger charge is -2.13. The smallest absolute Gasteiger partial charge is 0.148 e. The summed E-state index contributed by atoms with van der Waals surface area (Å²) in [6.07, 6.45) is -0.483. The molecule has 3 aromatic rings. The number of ether oxygens (including phenoxy) is 1. The van der Waals surface area contributed by atoms with Crippen LogP contribution in [0, 0.1) is 6.92 Å². The predicted octanol–water partition coefficient (Wildman–Crippen LogP) is 3.96. The van der Waals surface area contributed by atoms with Gasteiger partial charge in [0.05, 0.1) is 23.7 Å². The van der Waals surface area contributed by atoms with Crippen molar-refractivity contribution in [1.29, 1.82) is 0 Å². The van der Waals surface area contributed by atoms with Crippen LogP contribution in [-0.2, 0) is 13.2 Å². The van der Waals surface area contributed by atoms with E-state index >= 15 is 0 Å². The van der Waals surface area contributed by atoms with E-state index in [2.05, 4.69) is 4.98 Å². The molecule has 1 aromatic heterocycles. The third kappa shape index (κ3) is 3.49. The van der Waals surface area contributed by atoms with Crippen LogP contribution in [0.4, 0.5) is 0 Å². The number of nitrogens with zero attached hydrogens (tertiary/aromatic N) is 2. The molecule has 5 heteroatoms. The highest BCUT2D eigenvalue weighted by Gasteiger charge is 2.14. The molecular formula is C18H19ClN2O2. The topological polar surface area (TPSA) is 47.3 Å². The lowest BCUT2D eigenvalue weighted by molar-refractivity contribution is 0.171. The summed E-state index contributed by atoms with van der Waals surface area (Å²) in [6, 6.07) is 13.4. The van der Waals surface area contributed by atoms with Crippen molar-refractivity contribution in [3.8, 4) is 5.75 Å². The number of benzene rings is 2. The number of rotatable bonds is 5. The highest BCUT2D eigenvalue weighted by atomic mass is 35.5. The Morgan fingerprint density at radius 1 is 1.26 bits per heavy atom. The van der Waals surface area contributed by atoms with Gasteiger partial charge in [-0.1, -0.05) is 29.8 Å². The Morgan fingerprint density at radius 3 is 2.78 bits per heavy atom. The van der Waals surface area contributed by atoms with Crippen LogP contribution in [0.25, 0.3) is 11.0 Å². The molecule has 1 N–H and O–H groups in total. The number of fused-ring (bicyclic) bond motifs is 1. The van der Waals surface area contributed by atoms with Gasteiger partial charge in [0.25, 0.3) is 0 Å². The minimum Gasteiger partial charge on any atom is -0.485 e. The van der Waals surface area contributed by atoms with Crippen LogP contribution in [-0.4, -0.2) is 20.8 Å². The first kappa shape index (κ1) is 15.8. The molecular weight excluding hydrogens is 312 g/mol. The first-order chi connectivity index (χ1) is 11.0. The molecule has 0 aliphatic rings. The van der Waals surface area contributed by atoms with Crippen molar-refractivity contribution in [2.75, 3.05) is 0 Å². The van der Waals surface area contributed by atoms with E-state index in [1.807, 2.05) is 54.0 Å². The second kappa shape index (κ2) is 6.60.